The highest BCUT2D eigenvalue weighted by Crippen LogP contribution is 2.26. The monoisotopic (exact) mass is 255 g/mol. The van der Waals surface area contributed by atoms with E-state index in [0.29, 0.717) is 5.56 Å². The molecule has 1 aromatic carbocycles. The number of nitriles is 1. The van der Waals surface area contributed by atoms with Gasteiger partial charge in [0.15, 0.2) is 0 Å². The number of nitrogens with zero attached hydrogens (tertiary/aromatic N) is 1. The molecular formula is C15H17N3O. The third kappa shape index (κ3) is 2.28. The summed E-state index contributed by atoms with van der Waals surface area (Å²) in [6.45, 7) is 0.944. The number of carbonyl (C=O) groups is 1. The van der Waals surface area contributed by atoms with Crippen molar-refractivity contribution in [1.82, 2.24) is 5.32 Å². The lowest BCUT2D eigenvalue weighted by Gasteiger charge is -2.16. The van der Waals surface area contributed by atoms with E-state index in [0.717, 1.165) is 37.9 Å². The Kier molecular flexibility index (Phi) is 3.12. The van der Waals surface area contributed by atoms with Crippen molar-refractivity contribution in [3.8, 4) is 6.07 Å². The number of rotatable bonds is 2. The molecule has 1 amide bonds. The zero-order chi connectivity index (χ0) is 13.2. The van der Waals surface area contributed by atoms with E-state index < -0.39 is 0 Å². The molecule has 3 rings (SSSR count). The van der Waals surface area contributed by atoms with Gasteiger partial charge in [0.05, 0.1) is 12.0 Å². The second-order valence-electron chi connectivity index (χ2n) is 5.30. The molecule has 1 saturated carbocycles. The van der Waals surface area contributed by atoms with Crippen molar-refractivity contribution >= 4 is 11.6 Å². The summed E-state index contributed by atoms with van der Waals surface area (Å²) in [5.41, 5.74) is 3.01. The van der Waals surface area contributed by atoms with Crippen LogP contribution in [-0.4, -0.2) is 18.5 Å². The fraction of sp³-hybridized carbons (Fsp3) is 0.467. The SMILES string of the molecule is N#CC1CCCC1NC(=O)c1ccc2c(c1)NCC2. The van der Waals surface area contributed by atoms with E-state index in [1.165, 1.54) is 5.56 Å². The molecule has 0 aromatic heterocycles. The minimum atomic E-state index is -0.0661. The van der Waals surface area contributed by atoms with Crippen LogP contribution in [0.1, 0.15) is 35.2 Å². The van der Waals surface area contributed by atoms with Crippen LogP contribution in [0, 0.1) is 17.2 Å². The number of carbonyl (C=O) groups excluding carboxylic acids is 1. The Morgan fingerprint density at radius 3 is 3.16 bits per heavy atom. The van der Waals surface area contributed by atoms with Crippen molar-refractivity contribution in [2.75, 3.05) is 11.9 Å². The first-order valence-corrected chi connectivity index (χ1v) is 6.85. The van der Waals surface area contributed by atoms with E-state index in [4.69, 9.17) is 5.26 Å². The first-order chi connectivity index (χ1) is 9.28. The van der Waals surface area contributed by atoms with Crippen molar-refractivity contribution in [2.24, 2.45) is 5.92 Å². The quantitative estimate of drug-likeness (QED) is 0.850. The molecule has 1 fully saturated rings. The van der Waals surface area contributed by atoms with Gasteiger partial charge in [0.25, 0.3) is 5.91 Å². The first kappa shape index (κ1) is 12.0. The van der Waals surface area contributed by atoms with Crippen LogP contribution in [0.3, 0.4) is 0 Å². The standard InChI is InChI=1S/C15H17N3O/c16-9-12-2-1-3-13(12)18-15(19)11-5-4-10-6-7-17-14(10)8-11/h4-5,8,12-13,17H,1-3,6-7H2,(H,18,19). The number of benzene rings is 1. The maximum Gasteiger partial charge on any atom is 0.251 e. The maximum absolute atomic E-state index is 12.2. The zero-order valence-electron chi connectivity index (χ0n) is 10.8. The Bertz CT molecular complexity index is 547. The number of anilines is 1. The highest BCUT2D eigenvalue weighted by molar-refractivity contribution is 5.95. The molecule has 0 saturated heterocycles. The van der Waals surface area contributed by atoms with E-state index in [-0.39, 0.29) is 17.9 Å². The van der Waals surface area contributed by atoms with Crippen LogP contribution in [0.5, 0.6) is 0 Å². The van der Waals surface area contributed by atoms with Crippen molar-refractivity contribution in [2.45, 2.75) is 31.7 Å². The second-order valence-corrected chi connectivity index (χ2v) is 5.30. The molecule has 1 aliphatic carbocycles. The molecule has 2 unspecified atom stereocenters. The van der Waals surface area contributed by atoms with Crippen molar-refractivity contribution < 1.29 is 4.79 Å². The average molecular weight is 255 g/mol. The number of amides is 1. The molecule has 2 N–H and O–H groups in total. The van der Waals surface area contributed by atoms with Gasteiger partial charge in [-0.25, -0.2) is 0 Å². The number of fused-ring (bicyclic) bond motifs is 1. The Labute approximate surface area is 112 Å². The van der Waals surface area contributed by atoms with Gasteiger partial charge in [-0.1, -0.05) is 6.07 Å². The summed E-state index contributed by atoms with van der Waals surface area (Å²) >= 11 is 0. The summed E-state index contributed by atoms with van der Waals surface area (Å²) in [5.74, 6) is -0.0971. The highest BCUT2D eigenvalue weighted by Gasteiger charge is 2.28. The van der Waals surface area contributed by atoms with Gasteiger partial charge in [-0.2, -0.15) is 5.26 Å². The average Bonchev–Trinajstić information content (AvgIpc) is 3.05. The lowest BCUT2D eigenvalue weighted by atomic mass is 10.0. The summed E-state index contributed by atoms with van der Waals surface area (Å²) in [6, 6.07) is 8.10. The fourth-order valence-electron chi connectivity index (χ4n) is 2.97. The molecule has 4 nitrogen and oxygen atoms in total. The number of hydrogen-bond acceptors (Lipinski definition) is 3. The van der Waals surface area contributed by atoms with Crippen LogP contribution >= 0.6 is 0 Å². The summed E-state index contributed by atoms with van der Waals surface area (Å²) in [6.07, 6.45) is 3.85. The third-order valence-corrected chi connectivity index (χ3v) is 4.08. The molecule has 19 heavy (non-hydrogen) atoms. The molecule has 1 heterocycles. The van der Waals surface area contributed by atoms with Gasteiger partial charge < -0.3 is 10.6 Å². The van der Waals surface area contributed by atoms with Gasteiger partial charge in [0, 0.05) is 23.8 Å². The highest BCUT2D eigenvalue weighted by atomic mass is 16.1. The smallest absolute Gasteiger partial charge is 0.251 e. The maximum atomic E-state index is 12.2. The number of hydrogen-bond donors (Lipinski definition) is 2. The fourth-order valence-corrected chi connectivity index (χ4v) is 2.97. The van der Waals surface area contributed by atoms with Gasteiger partial charge in [-0.3, -0.25) is 4.79 Å². The van der Waals surface area contributed by atoms with Crippen molar-refractivity contribution in [3.05, 3.63) is 29.3 Å². The Morgan fingerprint density at radius 1 is 1.42 bits per heavy atom. The summed E-state index contributed by atoms with van der Waals surface area (Å²) < 4.78 is 0. The molecular weight excluding hydrogens is 238 g/mol. The van der Waals surface area contributed by atoms with E-state index in [9.17, 15) is 4.79 Å². The molecule has 98 valence electrons. The Morgan fingerprint density at radius 2 is 2.32 bits per heavy atom. The van der Waals surface area contributed by atoms with Crippen molar-refractivity contribution in [3.63, 3.8) is 0 Å². The van der Waals surface area contributed by atoms with Gasteiger partial charge in [0.1, 0.15) is 0 Å². The molecule has 1 aromatic rings. The van der Waals surface area contributed by atoms with Gasteiger partial charge in [-0.15, -0.1) is 0 Å². The van der Waals surface area contributed by atoms with Crippen LogP contribution in [-0.2, 0) is 6.42 Å². The molecule has 4 heteroatoms. The molecule has 0 radical (unpaired) electrons. The molecule has 2 atom stereocenters. The van der Waals surface area contributed by atoms with Crippen molar-refractivity contribution in [1.29, 1.82) is 5.26 Å². The minimum absolute atomic E-state index is 0.0127. The summed E-state index contributed by atoms with van der Waals surface area (Å²) in [5, 5.41) is 15.3. The lowest BCUT2D eigenvalue weighted by Crippen LogP contribution is -2.36. The van der Waals surface area contributed by atoms with Gasteiger partial charge in [-0.05, 0) is 43.4 Å². The molecule has 0 spiro atoms. The van der Waals surface area contributed by atoms with Gasteiger partial charge in [0.2, 0.25) is 0 Å². The van der Waals surface area contributed by atoms with Crippen LogP contribution in [0.25, 0.3) is 0 Å². The molecule has 0 bridgehead atoms. The zero-order valence-corrected chi connectivity index (χ0v) is 10.8. The Balaban J connectivity index is 1.72. The number of nitrogens with one attached hydrogen (secondary N) is 2. The second kappa shape index (κ2) is 4.93. The Hall–Kier alpha value is -2.02. The van der Waals surface area contributed by atoms with E-state index >= 15 is 0 Å². The van der Waals surface area contributed by atoms with E-state index in [1.54, 1.807) is 0 Å². The summed E-state index contributed by atoms with van der Waals surface area (Å²) in [4.78, 5) is 12.2. The molecule has 1 aliphatic heterocycles. The lowest BCUT2D eigenvalue weighted by molar-refractivity contribution is 0.0933. The molecule has 2 aliphatic rings. The van der Waals surface area contributed by atoms with Gasteiger partial charge >= 0.3 is 0 Å². The topological polar surface area (TPSA) is 64.9 Å². The van der Waals surface area contributed by atoms with E-state index in [2.05, 4.69) is 16.7 Å². The first-order valence-electron chi connectivity index (χ1n) is 6.85. The van der Waals surface area contributed by atoms with Crippen LogP contribution in [0.2, 0.25) is 0 Å². The van der Waals surface area contributed by atoms with Crippen LogP contribution in [0.15, 0.2) is 18.2 Å². The van der Waals surface area contributed by atoms with Crippen LogP contribution < -0.4 is 10.6 Å². The minimum Gasteiger partial charge on any atom is -0.384 e. The summed E-state index contributed by atoms with van der Waals surface area (Å²) in [7, 11) is 0. The predicted molar refractivity (Wildman–Crippen MR) is 72.8 cm³/mol. The van der Waals surface area contributed by atoms with E-state index in [1.807, 2.05) is 18.2 Å². The third-order valence-electron chi connectivity index (χ3n) is 4.08. The van der Waals surface area contributed by atoms with Crippen LogP contribution in [0.4, 0.5) is 5.69 Å². The predicted octanol–water partition coefficient (Wildman–Crippen LogP) is 2.08. The largest absolute Gasteiger partial charge is 0.384 e. The normalized spacial score (nSPS) is 24.4.